The lowest BCUT2D eigenvalue weighted by atomic mass is 9.61. The molecular formula is C26H30N2OS. The molecule has 1 spiro atoms. The normalized spacial score (nSPS) is 22.5. The largest absolute Gasteiger partial charge is 0.356 e. The summed E-state index contributed by atoms with van der Waals surface area (Å²) in [4.78, 5) is 16.2. The van der Waals surface area contributed by atoms with Crippen LogP contribution in [0, 0.1) is 5.41 Å². The molecule has 1 amide bonds. The highest BCUT2D eigenvalue weighted by molar-refractivity contribution is 7.99. The molecule has 4 heteroatoms. The summed E-state index contributed by atoms with van der Waals surface area (Å²) in [7, 11) is 0. The van der Waals surface area contributed by atoms with Crippen LogP contribution in [0.25, 0.3) is 5.70 Å². The van der Waals surface area contributed by atoms with E-state index in [4.69, 9.17) is 0 Å². The fourth-order valence-corrected chi connectivity index (χ4v) is 6.45. The minimum absolute atomic E-state index is 0.0111. The number of hydrogen-bond acceptors (Lipinski definition) is 3. The zero-order valence-electron chi connectivity index (χ0n) is 17.7. The van der Waals surface area contributed by atoms with Crippen LogP contribution in [0.3, 0.4) is 0 Å². The molecule has 0 bridgehead atoms. The van der Waals surface area contributed by atoms with Crippen LogP contribution in [0.2, 0.25) is 0 Å². The second kappa shape index (κ2) is 8.14. The Bertz CT molecular complexity index is 962. The highest BCUT2D eigenvalue weighted by Crippen LogP contribution is 2.53. The molecule has 5 rings (SSSR count). The van der Waals surface area contributed by atoms with Gasteiger partial charge >= 0.3 is 0 Å². The third-order valence-corrected chi connectivity index (χ3v) is 7.97. The Kier molecular flexibility index (Phi) is 5.36. The lowest BCUT2D eigenvalue weighted by Gasteiger charge is -2.49. The molecule has 2 aliphatic carbocycles. The topological polar surface area (TPSA) is 32.3 Å². The lowest BCUT2D eigenvalue weighted by molar-refractivity contribution is -0.131. The zero-order valence-corrected chi connectivity index (χ0v) is 18.5. The number of carbonyl (C=O) groups is 1. The third kappa shape index (κ3) is 3.35. The third-order valence-electron chi connectivity index (χ3n) is 6.95. The molecule has 3 nitrogen and oxygen atoms in total. The summed E-state index contributed by atoms with van der Waals surface area (Å²) < 4.78 is 0. The monoisotopic (exact) mass is 418 g/mol. The van der Waals surface area contributed by atoms with Crippen LogP contribution < -0.4 is 5.32 Å². The van der Waals surface area contributed by atoms with Gasteiger partial charge in [0.05, 0.1) is 5.70 Å². The predicted octanol–water partition coefficient (Wildman–Crippen LogP) is 5.57. The maximum absolute atomic E-state index is 14.1. The lowest BCUT2D eigenvalue weighted by Crippen LogP contribution is -2.55. The molecule has 1 atom stereocenters. The van der Waals surface area contributed by atoms with Gasteiger partial charge < -0.3 is 10.2 Å². The molecule has 0 saturated heterocycles. The van der Waals surface area contributed by atoms with E-state index in [0.29, 0.717) is 6.54 Å². The molecule has 0 radical (unpaired) electrons. The van der Waals surface area contributed by atoms with Crippen molar-refractivity contribution in [2.75, 3.05) is 5.75 Å². The van der Waals surface area contributed by atoms with E-state index in [1.54, 1.807) is 0 Å². The van der Waals surface area contributed by atoms with Gasteiger partial charge in [0, 0.05) is 23.1 Å². The fourth-order valence-electron chi connectivity index (χ4n) is 5.59. The molecule has 2 aromatic carbocycles. The van der Waals surface area contributed by atoms with Gasteiger partial charge in [-0.2, -0.15) is 0 Å². The molecule has 3 aliphatic rings. The van der Waals surface area contributed by atoms with Crippen molar-refractivity contribution in [2.24, 2.45) is 5.41 Å². The van der Waals surface area contributed by atoms with Gasteiger partial charge in [-0.3, -0.25) is 4.79 Å². The van der Waals surface area contributed by atoms with Gasteiger partial charge in [-0.05, 0) is 36.1 Å². The van der Waals surface area contributed by atoms with E-state index in [-0.39, 0.29) is 16.8 Å². The van der Waals surface area contributed by atoms with Crippen molar-refractivity contribution < 1.29 is 4.79 Å². The average Bonchev–Trinajstić information content (AvgIpc) is 2.77. The summed E-state index contributed by atoms with van der Waals surface area (Å²) in [6, 6.07) is 19.1. The van der Waals surface area contributed by atoms with Gasteiger partial charge in [0.1, 0.15) is 0 Å². The number of nitrogens with zero attached hydrogens (tertiary/aromatic N) is 1. The molecule has 1 saturated carbocycles. The molecule has 1 N–H and O–H groups in total. The Morgan fingerprint density at radius 1 is 1.03 bits per heavy atom. The van der Waals surface area contributed by atoms with E-state index in [2.05, 4.69) is 65.7 Å². The van der Waals surface area contributed by atoms with Gasteiger partial charge in [0.25, 0.3) is 5.91 Å². The van der Waals surface area contributed by atoms with Crippen LogP contribution in [0.1, 0.15) is 55.7 Å². The molecule has 1 heterocycles. The molecule has 30 heavy (non-hydrogen) atoms. The quantitative estimate of drug-likeness (QED) is 0.704. The smallest absolute Gasteiger partial charge is 0.255 e. The summed E-state index contributed by atoms with van der Waals surface area (Å²) in [5.41, 5.74) is 5.95. The first-order valence-electron chi connectivity index (χ1n) is 11.3. The number of fused-ring (bicyclic) bond motifs is 3. The van der Waals surface area contributed by atoms with E-state index in [0.717, 1.165) is 36.3 Å². The first-order chi connectivity index (χ1) is 14.7. The molecule has 156 valence electrons. The van der Waals surface area contributed by atoms with Crippen LogP contribution >= 0.6 is 11.8 Å². The first-order valence-corrected chi connectivity index (χ1v) is 12.3. The Balaban J connectivity index is 1.62. The van der Waals surface area contributed by atoms with Crippen molar-refractivity contribution >= 4 is 23.4 Å². The molecule has 1 fully saturated rings. The molecule has 1 aliphatic heterocycles. The van der Waals surface area contributed by atoms with E-state index < -0.39 is 0 Å². The van der Waals surface area contributed by atoms with Crippen LogP contribution in [-0.4, -0.2) is 22.1 Å². The highest BCUT2D eigenvalue weighted by Gasteiger charge is 2.49. The number of benzene rings is 2. The van der Waals surface area contributed by atoms with Gasteiger partial charge in [0.2, 0.25) is 0 Å². The van der Waals surface area contributed by atoms with Crippen molar-refractivity contribution in [1.29, 1.82) is 0 Å². The van der Waals surface area contributed by atoms with Crippen LogP contribution in [0.15, 0.2) is 60.2 Å². The number of nitrogens with one attached hydrogen (secondary N) is 1. The summed E-state index contributed by atoms with van der Waals surface area (Å²) >= 11 is 1.81. The molecule has 1 unspecified atom stereocenters. The maximum Gasteiger partial charge on any atom is 0.255 e. The second-order valence-electron chi connectivity index (χ2n) is 8.80. The minimum Gasteiger partial charge on any atom is -0.356 e. The SMILES string of the molecule is CCSC1NC2=C(C(=O)N1Cc1ccccc1)C1(CCCCC1)Cc1ccccc12. The van der Waals surface area contributed by atoms with Gasteiger partial charge in [-0.25, -0.2) is 0 Å². The van der Waals surface area contributed by atoms with Crippen molar-refractivity contribution in [1.82, 2.24) is 10.2 Å². The number of rotatable bonds is 4. The Hall–Kier alpha value is -2.20. The number of carbonyl (C=O) groups excluding carboxylic acids is 1. The van der Waals surface area contributed by atoms with Crippen molar-refractivity contribution in [3.8, 4) is 0 Å². The van der Waals surface area contributed by atoms with Gasteiger partial charge in [0.15, 0.2) is 5.50 Å². The summed E-state index contributed by atoms with van der Waals surface area (Å²) in [5, 5.41) is 3.83. The van der Waals surface area contributed by atoms with Crippen LogP contribution in [0.4, 0.5) is 0 Å². The van der Waals surface area contributed by atoms with Gasteiger partial charge in [-0.15, -0.1) is 11.8 Å². The standard InChI is InChI=1S/C26H30N2OS/c1-2-30-25-27-23-21-14-8-7-13-20(21)17-26(15-9-4-10-16-26)22(23)24(29)28(25)18-19-11-5-3-6-12-19/h3,5-8,11-14,25,27H,2,4,9-10,15-18H2,1H3. The molecule has 0 aromatic heterocycles. The minimum atomic E-state index is -0.0340. The van der Waals surface area contributed by atoms with E-state index in [1.165, 1.54) is 36.0 Å². The van der Waals surface area contributed by atoms with Crippen molar-refractivity contribution in [3.63, 3.8) is 0 Å². The molecular weight excluding hydrogens is 388 g/mol. The van der Waals surface area contributed by atoms with E-state index in [9.17, 15) is 4.79 Å². The van der Waals surface area contributed by atoms with Crippen molar-refractivity contribution in [2.45, 2.75) is 57.5 Å². The predicted molar refractivity (Wildman–Crippen MR) is 125 cm³/mol. The highest BCUT2D eigenvalue weighted by atomic mass is 32.2. The molecule has 2 aromatic rings. The summed E-state index contributed by atoms with van der Waals surface area (Å²) in [6.07, 6.45) is 6.97. The summed E-state index contributed by atoms with van der Waals surface area (Å²) in [6.45, 7) is 2.82. The Morgan fingerprint density at radius 3 is 2.53 bits per heavy atom. The maximum atomic E-state index is 14.1. The van der Waals surface area contributed by atoms with Crippen LogP contribution in [0.5, 0.6) is 0 Å². The second-order valence-corrected chi connectivity index (χ2v) is 10.2. The summed E-state index contributed by atoms with van der Waals surface area (Å²) in [5.74, 6) is 1.21. The van der Waals surface area contributed by atoms with E-state index >= 15 is 0 Å². The Labute approximate surface area is 183 Å². The van der Waals surface area contributed by atoms with Gasteiger partial charge in [-0.1, -0.05) is 80.8 Å². The number of amides is 1. The first kappa shape index (κ1) is 19.7. The Morgan fingerprint density at radius 2 is 1.77 bits per heavy atom. The number of hydrogen-bond donors (Lipinski definition) is 1. The van der Waals surface area contributed by atoms with E-state index in [1.807, 2.05) is 17.8 Å². The van der Waals surface area contributed by atoms with Crippen molar-refractivity contribution in [3.05, 3.63) is 76.9 Å². The fraction of sp³-hybridized carbons (Fsp3) is 0.423. The number of thioether (sulfide) groups is 1. The van der Waals surface area contributed by atoms with Crippen LogP contribution in [-0.2, 0) is 17.8 Å². The zero-order chi connectivity index (χ0) is 20.6. The average molecular weight is 419 g/mol.